The zero-order valence-electron chi connectivity index (χ0n) is 25.5. The first-order chi connectivity index (χ1) is 20.3. The van der Waals surface area contributed by atoms with Crippen LogP contribution < -0.4 is 14.4 Å². The van der Waals surface area contributed by atoms with Crippen LogP contribution in [0.4, 0.5) is 15.4 Å². The molecule has 0 spiro atoms. The van der Waals surface area contributed by atoms with Gasteiger partial charge in [0.15, 0.2) is 5.82 Å². The topological polar surface area (TPSA) is 127 Å². The first-order valence-electron chi connectivity index (χ1n) is 14.1. The third kappa shape index (κ3) is 6.80. The van der Waals surface area contributed by atoms with Gasteiger partial charge in [-0.3, -0.25) is 4.98 Å². The maximum Gasteiger partial charge on any atom is 0.425 e. The Morgan fingerprint density at radius 1 is 0.953 bits per heavy atom. The van der Waals surface area contributed by atoms with Crippen molar-refractivity contribution in [2.75, 3.05) is 18.6 Å². The second-order valence-electron chi connectivity index (χ2n) is 12.2. The molecule has 3 aromatic heterocycles. The monoisotopic (exact) mass is 591 g/mol. The zero-order valence-corrected chi connectivity index (χ0v) is 25.5. The van der Waals surface area contributed by atoms with E-state index < -0.39 is 23.4 Å². The number of methoxy groups -OCH3 is 1. The highest BCUT2D eigenvalue weighted by Gasteiger charge is 2.36. The molecule has 1 fully saturated rings. The van der Waals surface area contributed by atoms with Gasteiger partial charge >= 0.3 is 12.2 Å². The number of imide groups is 1. The number of nitrogens with zero attached hydrogens (tertiary/aromatic N) is 5. The van der Waals surface area contributed by atoms with Gasteiger partial charge in [-0.15, -0.1) is 0 Å². The second-order valence-corrected chi connectivity index (χ2v) is 12.2. The number of fused-ring (bicyclic) bond motifs is 2. The van der Waals surface area contributed by atoms with Gasteiger partial charge in [0, 0.05) is 23.8 Å². The molecule has 1 aromatic carbocycles. The zero-order chi connectivity index (χ0) is 30.9. The minimum absolute atomic E-state index is 0.0617. The molecule has 1 saturated heterocycles. The molecule has 43 heavy (non-hydrogen) atoms. The molecule has 4 aromatic rings. The maximum atomic E-state index is 13.2. The van der Waals surface area contributed by atoms with Gasteiger partial charge in [-0.25, -0.2) is 19.6 Å². The number of aromatic nitrogens is 4. The molecule has 4 heterocycles. The predicted octanol–water partition coefficient (Wildman–Crippen LogP) is 6.42. The highest BCUT2D eigenvalue weighted by molar-refractivity contribution is 6.13. The molecule has 12 nitrogen and oxygen atoms in total. The second kappa shape index (κ2) is 11.7. The number of pyridine rings is 1. The molecule has 5 rings (SSSR count). The van der Waals surface area contributed by atoms with Crippen LogP contribution >= 0.6 is 0 Å². The molecule has 228 valence electrons. The highest BCUT2D eigenvalue weighted by atomic mass is 16.6. The average Bonchev–Trinajstić information content (AvgIpc) is 3.57. The number of amides is 2. The molecule has 2 unspecified atom stereocenters. The average molecular weight is 592 g/mol. The van der Waals surface area contributed by atoms with Crippen LogP contribution in [0.1, 0.15) is 60.6 Å². The van der Waals surface area contributed by atoms with E-state index in [9.17, 15) is 9.59 Å². The number of hydrogen-bond acceptors (Lipinski definition) is 10. The predicted molar refractivity (Wildman–Crippen MR) is 159 cm³/mol. The lowest BCUT2D eigenvalue weighted by atomic mass is 10.2. The fourth-order valence-corrected chi connectivity index (χ4v) is 4.80. The minimum Gasteiger partial charge on any atom is -0.496 e. The molecule has 1 aliphatic heterocycles. The Labute approximate surface area is 249 Å². The number of carbonyl (C=O) groups excluding carboxylic acids is 2. The van der Waals surface area contributed by atoms with E-state index in [2.05, 4.69) is 15.0 Å². The Balaban J connectivity index is 1.33. The van der Waals surface area contributed by atoms with E-state index in [-0.39, 0.29) is 18.1 Å². The molecule has 0 aliphatic carbocycles. The van der Waals surface area contributed by atoms with Gasteiger partial charge in [0.2, 0.25) is 0 Å². The summed E-state index contributed by atoms with van der Waals surface area (Å²) in [6.45, 7) is 10.7. The van der Waals surface area contributed by atoms with Crippen molar-refractivity contribution in [3.63, 3.8) is 0 Å². The highest BCUT2D eigenvalue weighted by Crippen LogP contribution is 2.35. The Morgan fingerprint density at radius 3 is 2.35 bits per heavy atom. The molecule has 12 heteroatoms. The number of rotatable bonds is 6. The number of ether oxygens (including phenoxy) is 5. The summed E-state index contributed by atoms with van der Waals surface area (Å²) in [5.41, 5.74) is -0.410. The van der Waals surface area contributed by atoms with Gasteiger partial charge < -0.3 is 28.3 Å². The van der Waals surface area contributed by atoms with Gasteiger partial charge in [-0.05, 0) is 78.6 Å². The van der Waals surface area contributed by atoms with E-state index in [0.29, 0.717) is 23.4 Å². The lowest BCUT2D eigenvalue weighted by molar-refractivity contribution is -0.0156. The van der Waals surface area contributed by atoms with E-state index in [4.69, 9.17) is 23.7 Å². The normalized spacial score (nSPS) is 17.2. The van der Waals surface area contributed by atoms with Crippen molar-refractivity contribution >= 4 is 39.9 Å². The summed E-state index contributed by atoms with van der Waals surface area (Å²) >= 11 is 0. The molecule has 0 radical (unpaired) electrons. The summed E-state index contributed by atoms with van der Waals surface area (Å²) in [6, 6.07) is 9.26. The van der Waals surface area contributed by atoms with Crippen LogP contribution in [-0.4, -0.2) is 62.7 Å². The van der Waals surface area contributed by atoms with Gasteiger partial charge in [0.1, 0.15) is 47.5 Å². The van der Waals surface area contributed by atoms with Crippen LogP contribution in [0, 0.1) is 0 Å². The summed E-state index contributed by atoms with van der Waals surface area (Å²) in [5, 5.41) is 1.38. The molecule has 2 atom stereocenters. The third-order valence-electron chi connectivity index (χ3n) is 6.58. The fourth-order valence-electron chi connectivity index (χ4n) is 4.80. The number of benzene rings is 1. The quantitative estimate of drug-likeness (QED) is 0.248. The first kappa shape index (κ1) is 30.0. The summed E-state index contributed by atoms with van der Waals surface area (Å²) in [4.78, 5) is 40.4. The first-order valence-corrected chi connectivity index (χ1v) is 14.1. The van der Waals surface area contributed by atoms with Crippen molar-refractivity contribution in [2.24, 2.45) is 0 Å². The smallest absolute Gasteiger partial charge is 0.425 e. The molecular weight excluding hydrogens is 554 g/mol. The fraction of sp³-hybridized carbons (Fsp3) is 0.452. The summed E-state index contributed by atoms with van der Waals surface area (Å²) in [6.07, 6.45) is 4.02. The van der Waals surface area contributed by atoms with Gasteiger partial charge in [-0.1, -0.05) is 0 Å². The van der Waals surface area contributed by atoms with Gasteiger partial charge in [-0.2, -0.15) is 4.90 Å². The van der Waals surface area contributed by atoms with Crippen LogP contribution in [0.2, 0.25) is 0 Å². The van der Waals surface area contributed by atoms with Crippen molar-refractivity contribution in [3.8, 4) is 11.5 Å². The van der Waals surface area contributed by atoms with Crippen molar-refractivity contribution in [1.82, 2.24) is 19.5 Å². The van der Waals surface area contributed by atoms with Crippen LogP contribution in [0.15, 0.2) is 49.1 Å². The third-order valence-corrected chi connectivity index (χ3v) is 6.58. The number of carbonyl (C=O) groups is 2. The van der Waals surface area contributed by atoms with Crippen molar-refractivity contribution in [2.45, 2.75) is 77.9 Å². The van der Waals surface area contributed by atoms with Crippen LogP contribution in [0.5, 0.6) is 11.5 Å². The number of anilines is 1. The summed E-state index contributed by atoms with van der Waals surface area (Å²) < 4.78 is 30.7. The van der Waals surface area contributed by atoms with Crippen molar-refractivity contribution in [1.29, 1.82) is 0 Å². The Bertz CT molecular complexity index is 1610. The lowest BCUT2D eigenvalue weighted by Gasteiger charge is -2.28. The molecule has 1 aliphatic rings. The van der Waals surface area contributed by atoms with Crippen LogP contribution in [-0.2, 0) is 14.2 Å². The maximum absolute atomic E-state index is 13.2. The van der Waals surface area contributed by atoms with E-state index in [1.165, 1.54) is 6.33 Å². The molecular formula is C31H37N5O7. The number of hydrogen-bond donors (Lipinski definition) is 0. The van der Waals surface area contributed by atoms with Gasteiger partial charge in [0.25, 0.3) is 0 Å². The lowest BCUT2D eigenvalue weighted by Crippen LogP contribution is -2.44. The van der Waals surface area contributed by atoms with Crippen molar-refractivity contribution < 1.29 is 33.3 Å². The molecule has 0 N–H and O–H groups in total. The Hall–Kier alpha value is -4.45. The van der Waals surface area contributed by atoms with E-state index in [0.717, 1.165) is 34.4 Å². The Morgan fingerprint density at radius 2 is 1.67 bits per heavy atom. The van der Waals surface area contributed by atoms with E-state index in [1.807, 2.05) is 35.0 Å². The summed E-state index contributed by atoms with van der Waals surface area (Å²) in [5.74, 6) is 1.50. The van der Waals surface area contributed by atoms with E-state index in [1.54, 1.807) is 60.9 Å². The van der Waals surface area contributed by atoms with E-state index >= 15 is 0 Å². The van der Waals surface area contributed by atoms with Gasteiger partial charge in [0.05, 0.1) is 24.1 Å². The Kier molecular flexibility index (Phi) is 8.15. The molecule has 2 amide bonds. The van der Waals surface area contributed by atoms with Crippen molar-refractivity contribution in [3.05, 3.63) is 49.1 Å². The van der Waals surface area contributed by atoms with Crippen LogP contribution in [0.3, 0.4) is 0 Å². The molecule has 0 saturated carbocycles. The van der Waals surface area contributed by atoms with Crippen LogP contribution in [0.25, 0.3) is 21.9 Å². The SMILES string of the molecule is COc1ccnc2cc(OCC3CCC(n4ccc5c(N(C(=O)OC(C)(C)C)C(=O)OC(C)(C)C)ncnc54)O3)ccc12. The largest absolute Gasteiger partial charge is 0.496 e. The molecule has 0 bridgehead atoms. The summed E-state index contributed by atoms with van der Waals surface area (Å²) in [7, 11) is 1.63. The minimum atomic E-state index is -0.897. The standard InChI is InChI=1S/C31H37N5O7/c1-30(2,3)42-28(37)36(29(38)43-31(4,5)6)27-22-13-15-35(26(22)33-18-34-27)25-11-9-20(41-25)17-40-19-8-10-21-23(16-19)32-14-12-24(21)39-7/h8,10,12-16,18,20,25H,9,11,17H2,1-7H3.